The molecule has 4 heteroatoms. The lowest BCUT2D eigenvalue weighted by atomic mass is 10.1. The Hall–Kier alpha value is -0.740. The van der Waals surface area contributed by atoms with Gasteiger partial charge in [-0.15, -0.1) is 0 Å². The van der Waals surface area contributed by atoms with E-state index in [-0.39, 0.29) is 0 Å². The minimum absolute atomic E-state index is 0.570. The minimum atomic E-state index is 0.570. The number of hydrogen-bond acceptors (Lipinski definition) is 4. The van der Waals surface area contributed by atoms with E-state index >= 15 is 0 Å². The molecular formula is C12H19N3S. The third-order valence-corrected chi connectivity index (χ3v) is 4.04. The molecule has 2 heterocycles. The van der Waals surface area contributed by atoms with Gasteiger partial charge in [0.1, 0.15) is 0 Å². The molecule has 1 atom stereocenters. The topological polar surface area (TPSA) is 42.1 Å². The first-order valence-corrected chi connectivity index (χ1v) is 6.77. The van der Waals surface area contributed by atoms with Crippen molar-refractivity contribution in [1.29, 1.82) is 0 Å². The Morgan fingerprint density at radius 1 is 1.62 bits per heavy atom. The molecule has 16 heavy (non-hydrogen) atoms. The molecule has 1 fully saturated rings. The summed E-state index contributed by atoms with van der Waals surface area (Å²) < 4.78 is 0. The van der Waals surface area contributed by atoms with Gasteiger partial charge >= 0.3 is 0 Å². The highest BCUT2D eigenvalue weighted by molar-refractivity contribution is 8.00. The number of aryl methyl sites for hydroxylation is 1. The standard InChI is InChI=1S/C12H19N3S/c1-9-5-12(11(6-13)7-14-9)15-3-4-16-10(2)8-15/h5,7,10H,3-4,6,8,13H2,1-2H3. The highest BCUT2D eigenvalue weighted by Crippen LogP contribution is 2.26. The molecule has 3 nitrogen and oxygen atoms in total. The monoisotopic (exact) mass is 237 g/mol. The third kappa shape index (κ3) is 2.50. The lowest BCUT2D eigenvalue weighted by molar-refractivity contribution is 0.774. The Labute approximate surface area is 101 Å². The fraction of sp³-hybridized carbons (Fsp3) is 0.583. The van der Waals surface area contributed by atoms with Crippen molar-refractivity contribution < 1.29 is 0 Å². The van der Waals surface area contributed by atoms with Crippen LogP contribution in [0.3, 0.4) is 0 Å². The molecule has 0 radical (unpaired) electrons. The second-order valence-corrected chi connectivity index (χ2v) is 5.83. The van der Waals surface area contributed by atoms with Gasteiger partial charge < -0.3 is 10.6 Å². The summed E-state index contributed by atoms with van der Waals surface area (Å²) in [4.78, 5) is 6.76. The number of anilines is 1. The van der Waals surface area contributed by atoms with Gasteiger partial charge in [0.15, 0.2) is 0 Å². The number of nitrogens with two attached hydrogens (primary N) is 1. The van der Waals surface area contributed by atoms with Crippen LogP contribution < -0.4 is 10.6 Å². The van der Waals surface area contributed by atoms with Crippen LogP contribution in [0, 0.1) is 6.92 Å². The summed E-state index contributed by atoms with van der Waals surface area (Å²) in [5.41, 5.74) is 9.27. The fourth-order valence-corrected chi connectivity index (χ4v) is 3.08. The van der Waals surface area contributed by atoms with Crippen LogP contribution in [0.25, 0.3) is 0 Å². The third-order valence-electron chi connectivity index (χ3n) is 2.90. The molecule has 1 unspecified atom stereocenters. The molecule has 1 aliphatic rings. The predicted molar refractivity (Wildman–Crippen MR) is 71.0 cm³/mol. The molecule has 2 rings (SSSR count). The summed E-state index contributed by atoms with van der Waals surface area (Å²) in [6.07, 6.45) is 1.91. The van der Waals surface area contributed by atoms with Crippen LogP contribution in [0.1, 0.15) is 18.2 Å². The summed E-state index contributed by atoms with van der Waals surface area (Å²) in [6.45, 7) is 7.12. The number of pyridine rings is 1. The van der Waals surface area contributed by atoms with E-state index in [2.05, 4.69) is 22.9 Å². The van der Waals surface area contributed by atoms with E-state index in [4.69, 9.17) is 5.73 Å². The number of rotatable bonds is 2. The maximum atomic E-state index is 5.77. The van der Waals surface area contributed by atoms with Gasteiger partial charge in [0, 0.05) is 53.8 Å². The molecule has 0 spiro atoms. The average Bonchev–Trinajstić information content (AvgIpc) is 2.29. The number of thioether (sulfide) groups is 1. The van der Waals surface area contributed by atoms with Gasteiger partial charge in [0.2, 0.25) is 0 Å². The first-order valence-electron chi connectivity index (χ1n) is 5.73. The molecule has 0 aliphatic carbocycles. The Bertz CT molecular complexity index is 367. The highest BCUT2D eigenvalue weighted by Gasteiger charge is 2.19. The van der Waals surface area contributed by atoms with Crippen LogP contribution in [0.2, 0.25) is 0 Å². The molecule has 0 saturated carbocycles. The maximum Gasteiger partial charge on any atom is 0.0446 e. The maximum absolute atomic E-state index is 5.77. The van der Waals surface area contributed by atoms with Crippen LogP contribution in [0.15, 0.2) is 12.3 Å². The Balaban J connectivity index is 2.26. The van der Waals surface area contributed by atoms with E-state index in [9.17, 15) is 0 Å². The summed E-state index contributed by atoms with van der Waals surface area (Å²) in [6, 6.07) is 2.16. The Morgan fingerprint density at radius 2 is 2.44 bits per heavy atom. The molecule has 1 aromatic rings. The average molecular weight is 237 g/mol. The van der Waals surface area contributed by atoms with Gasteiger partial charge in [-0.05, 0) is 13.0 Å². The van der Waals surface area contributed by atoms with Gasteiger partial charge in [-0.1, -0.05) is 6.92 Å². The van der Waals surface area contributed by atoms with Crippen LogP contribution >= 0.6 is 11.8 Å². The molecule has 88 valence electrons. The zero-order valence-electron chi connectivity index (χ0n) is 9.94. The molecular weight excluding hydrogens is 218 g/mol. The molecule has 2 N–H and O–H groups in total. The van der Waals surface area contributed by atoms with Crippen molar-refractivity contribution in [3.63, 3.8) is 0 Å². The van der Waals surface area contributed by atoms with Crippen LogP contribution in [-0.2, 0) is 6.54 Å². The minimum Gasteiger partial charge on any atom is -0.369 e. The summed E-state index contributed by atoms with van der Waals surface area (Å²) in [5, 5.41) is 0.702. The van der Waals surface area contributed by atoms with Crippen molar-refractivity contribution in [2.45, 2.75) is 25.6 Å². The van der Waals surface area contributed by atoms with Gasteiger partial charge in [0.05, 0.1) is 0 Å². The number of nitrogens with zero attached hydrogens (tertiary/aromatic N) is 2. The summed E-state index contributed by atoms with van der Waals surface area (Å²) in [7, 11) is 0. The molecule has 0 aromatic carbocycles. The van der Waals surface area contributed by atoms with Gasteiger partial charge in [-0.2, -0.15) is 11.8 Å². The molecule has 1 aromatic heterocycles. The largest absolute Gasteiger partial charge is 0.369 e. The Kier molecular flexibility index (Phi) is 3.71. The smallest absolute Gasteiger partial charge is 0.0446 e. The molecule has 1 saturated heterocycles. The summed E-state index contributed by atoms with van der Waals surface area (Å²) >= 11 is 2.05. The van der Waals surface area contributed by atoms with Crippen LogP contribution in [0.5, 0.6) is 0 Å². The second-order valence-electron chi connectivity index (χ2n) is 4.29. The van der Waals surface area contributed by atoms with E-state index < -0.39 is 0 Å². The van der Waals surface area contributed by atoms with E-state index in [1.54, 1.807) is 0 Å². The second kappa shape index (κ2) is 5.06. The van der Waals surface area contributed by atoms with Crippen LogP contribution in [0.4, 0.5) is 5.69 Å². The SMILES string of the molecule is Cc1cc(N2CCSC(C)C2)c(CN)cn1. The van der Waals surface area contributed by atoms with Crippen molar-refractivity contribution in [2.75, 3.05) is 23.7 Å². The van der Waals surface area contributed by atoms with Crippen LogP contribution in [-0.4, -0.2) is 29.1 Å². The lowest BCUT2D eigenvalue weighted by Crippen LogP contribution is -2.37. The fourth-order valence-electron chi connectivity index (χ4n) is 2.06. The van der Waals surface area contributed by atoms with E-state index in [0.717, 1.165) is 24.3 Å². The number of aromatic nitrogens is 1. The molecule has 0 bridgehead atoms. The van der Waals surface area contributed by atoms with Gasteiger partial charge in [-0.3, -0.25) is 4.98 Å². The first-order chi connectivity index (χ1) is 7.70. The Morgan fingerprint density at radius 3 is 3.12 bits per heavy atom. The van der Waals surface area contributed by atoms with E-state index in [1.165, 1.54) is 11.4 Å². The first kappa shape index (κ1) is 11.7. The predicted octanol–water partition coefficient (Wildman–Crippen LogP) is 1.79. The van der Waals surface area contributed by atoms with Crippen molar-refractivity contribution in [2.24, 2.45) is 5.73 Å². The van der Waals surface area contributed by atoms with Gasteiger partial charge in [0.25, 0.3) is 0 Å². The van der Waals surface area contributed by atoms with Crippen molar-refractivity contribution in [3.8, 4) is 0 Å². The molecule has 0 amide bonds. The quantitative estimate of drug-likeness (QED) is 0.851. The lowest BCUT2D eigenvalue weighted by Gasteiger charge is -2.33. The number of hydrogen-bond donors (Lipinski definition) is 1. The zero-order chi connectivity index (χ0) is 11.5. The normalized spacial score (nSPS) is 21.2. The van der Waals surface area contributed by atoms with E-state index in [1.807, 2.05) is 24.9 Å². The summed E-state index contributed by atoms with van der Waals surface area (Å²) in [5.74, 6) is 1.20. The van der Waals surface area contributed by atoms with Crippen molar-refractivity contribution >= 4 is 17.4 Å². The van der Waals surface area contributed by atoms with E-state index in [0.29, 0.717) is 11.8 Å². The zero-order valence-corrected chi connectivity index (χ0v) is 10.8. The van der Waals surface area contributed by atoms with Crippen molar-refractivity contribution in [1.82, 2.24) is 4.98 Å². The molecule has 1 aliphatic heterocycles. The highest BCUT2D eigenvalue weighted by atomic mass is 32.2. The van der Waals surface area contributed by atoms with Gasteiger partial charge in [-0.25, -0.2) is 0 Å². The van der Waals surface area contributed by atoms with Crippen molar-refractivity contribution in [3.05, 3.63) is 23.5 Å².